The van der Waals surface area contributed by atoms with Crippen molar-refractivity contribution in [3.05, 3.63) is 0 Å². The van der Waals surface area contributed by atoms with Gasteiger partial charge in [-0.3, -0.25) is 0 Å². The average molecular weight is 219 g/mol. The lowest BCUT2D eigenvalue weighted by atomic mass is 9.47. The molecule has 4 aliphatic carbocycles. The van der Waals surface area contributed by atoms with Gasteiger partial charge in [-0.1, -0.05) is 6.92 Å². The number of hydrogen-bond donors (Lipinski definition) is 1. The fraction of sp³-hybridized carbons (Fsp3) is 1.00. The lowest BCUT2D eigenvalue weighted by Crippen LogP contribution is -2.55. The summed E-state index contributed by atoms with van der Waals surface area (Å²) in [6.07, 6.45) is 10.9. The molecule has 0 aromatic rings. The van der Waals surface area contributed by atoms with Crippen molar-refractivity contribution in [2.75, 3.05) is 6.54 Å². The predicted octanol–water partition coefficient (Wildman–Crippen LogP) is 3.20. The normalized spacial score (nSPS) is 59.4. The Morgan fingerprint density at radius 3 is 1.94 bits per heavy atom. The Labute approximate surface area is 99.4 Å². The zero-order valence-electron chi connectivity index (χ0n) is 10.5. The average Bonchev–Trinajstić information content (AvgIpc) is 2.62. The Hall–Kier alpha value is -0.0400. The van der Waals surface area contributed by atoms with E-state index in [0.717, 1.165) is 35.1 Å². The first kappa shape index (κ1) is 9.94. The van der Waals surface area contributed by atoms with Gasteiger partial charge in [0.05, 0.1) is 0 Å². The molecule has 90 valence electrons. The molecule has 4 bridgehead atoms. The summed E-state index contributed by atoms with van der Waals surface area (Å²) in [4.78, 5) is 0. The molecule has 1 heteroatoms. The minimum Gasteiger partial charge on any atom is -0.313 e. The lowest BCUT2D eigenvalue weighted by Gasteiger charge is -2.59. The van der Waals surface area contributed by atoms with E-state index in [4.69, 9.17) is 0 Å². The van der Waals surface area contributed by atoms with Gasteiger partial charge in [-0.25, -0.2) is 0 Å². The van der Waals surface area contributed by atoms with Crippen LogP contribution in [0.25, 0.3) is 0 Å². The first-order valence-electron chi connectivity index (χ1n) is 7.48. The van der Waals surface area contributed by atoms with Gasteiger partial charge in [0.1, 0.15) is 0 Å². The van der Waals surface area contributed by atoms with Crippen LogP contribution in [0.4, 0.5) is 0 Å². The quantitative estimate of drug-likeness (QED) is 0.714. The first-order chi connectivity index (χ1) is 7.75. The highest BCUT2D eigenvalue weighted by atomic mass is 15.0. The molecule has 5 rings (SSSR count). The summed E-state index contributed by atoms with van der Waals surface area (Å²) in [6.45, 7) is 3.77. The zero-order chi connectivity index (χ0) is 10.8. The van der Waals surface area contributed by atoms with Gasteiger partial charge in [-0.05, 0) is 80.6 Å². The van der Waals surface area contributed by atoms with Gasteiger partial charge in [0.25, 0.3) is 0 Å². The van der Waals surface area contributed by atoms with E-state index in [1.54, 1.807) is 38.5 Å². The fourth-order valence-corrected chi connectivity index (χ4v) is 6.21. The van der Waals surface area contributed by atoms with Crippen LogP contribution in [0.5, 0.6) is 0 Å². The second kappa shape index (κ2) is 3.25. The molecule has 0 amide bonds. The minimum absolute atomic E-state index is 0.741. The van der Waals surface area contributed by atoms with E-state index < -0.39 is 0 Å². The van der Waals surface area contributed by atoms with Crippen LogP contribution in [0.2, 0.25) is 0 Å². The summed E-state index contributed by atoms with van der Waals surface area (Å²) >= 11 is 0. The van der Waals surface area contributed by atoms with Crippen LogP contribution >= 0.6 is 0 Å². The topological polar surface area (TPSA) is 12.0 Å². The molecule has 0 aromatic heterocycles. The molecule has 4 saturated carbocycles. The van der Waals surface area contributed by atoms with Crippen LogP contribution in [0.3, 0.4) is 0 Å². The van der Waals surface area contributed by atoms with Crippen molar-refractivity contribution < 1.29 is 0 Å². The zero-order valence-corrected chi connectivity index (χ0v) is 10.5. The third-order valence-corrected chi connectivity index (χ3v) is 6.28. The summed E-state index contributed by atoms with van der Waals surface area (Å²) in [6, 6.07) is 0.876. The molecule has 0 aromatic carbocycles. The predicted molar refractivity (Wildman–Crippen MR) is 66.2 cm³/mol. The van der Waals surface area contributed by atoms with Crippen LogP contribution in [-0.2, 0) is 0 Å². The third kappa shape index (κ3) is 1.27. The highest BCUT2D eigenvalue weighted by Gasteiger charge is 2.55. The smallest absolute Gasteiger partial charge is 0.0150 e. The molecular weight excluding hydrogens is 194 g/mol. The van der Waals surface area contributed by atoms with E-state index in [2.05, 4.69) is 12.2 Å². The highest BCUT2D eigenvalue weighted by Crippen LogP contribution is 2.62. The molecule has 16 heavy (non-hydrogen) atoms. The first-order valence-corrected chi connectivity index (χ1v) is 7.48. The van der Waals surface area contributed by atoms with Crippen molar-refractivity contribution in [1.82, 2.24) is 5.32 Å². The Morgan fingerprint density at radius 2 is 1.50 bits per heavy atom. The summed E-state index contributed by atoms with van der Waals surface area (Å²) in [7, 11) is 0. The van der Waals surface area contributed by atoms with Crippen molar-refractivity contribution in [3.8, 4) is 0 Å². The summed E-state index contributed by atoms with van der Waals surface area (Å²) in [5, 5.41) is 3.86. The maximum atomic E-state index is 3.86. The maximum absolute atomic E-state index is 3.86. The third-order valence-electron chi connectivity index (χ3n) is 6.28. The van der Waals surface area contributed by atoms with Gasteiger partial charge in [0.2, 0.25) is 0 Å². The Bertz CT molecular complexity index is 261. The molecule has 1 saturated heterocycles. The minimum atomic E-state index is 0.741. The molecule has 2 atom stereocenters. The SMILES string of the molecule is CC1CCNC1C12CC3CC(CC(C3)C1)C2. The Balaban J connectivity index is 1.66. The van der Waals surface area contributed by atoms with E-state index in [1.165, 1.54) is 13.0 Å². The number of rotatable bonds is 1. The van der Waals surface area contributed by atoms with Crippen LogP contribution in [0.1, 0.15) is 51.9 Å². The molecule has 1 nitrogen and oxygen atoms in total. The Morgan fingerprint density at radius 1 is 0.938 bits per heavy atom. The second-order valence-corrected chi connectivity index (χ2v) is 7.48. The standard InChI is InChI=1S/C15H25N/c1-10-2-3-16-14(10)15-7-11-4-12(8-15)6-13(5-11)9-15/h10-14,16H,2-9H2,1H3. The molecule has 1 N–H and O–H groups in total. The molecule has 0 radical (unpaired) electrons. The number of nitrogens with one attached hydrogen (secondary N) is 1. The molecule has 2 unspecified atom stereocenters. The van der Waals surface area contributed by atoms with Gasteiger partial charge in [-0.15, -0.1) is 0 Å². The Kier molecular flexibility index (Phi) is 2.02. The van der Waals surface area contributed by atoms with E-state index in [0.29, 0.717) is 0 Å². The van der Waals surface area contributed by atoms with Gasteiger partial charge in [0, 0.05) is 6.04 Å². The van der Waals surface area contributed by atoms with Gasteiger partial charge < -0.3 is 5.32 Å². The van der Waals surface area contributed by atoms with Crippen molar-refractivity contribution in [2.45, 2.75) is 57.9 Å². The molecule has 0 spiro atoms. The summed E-state index contributed by atoms with van der Waals surface area (Å²) in [5.74, 6) is 4.28. The van der Waals surface area contributed by atoms with Gasteiger partial charge >= 0.3 is 0 Å². The monoisotopic (exact) mass is 219 g/mol. The summed E-state index contributed by atoms with van der Waals surface area (Å²) < 4.78 is 0. The van der Waals surface area contributed by atoms with E-state index in [9.17, 15) is 0 Å². The van der Waals surface area contributed by atoms with Crippen LogP contribution in [0, 0.1) is 29.1 Å². The molecule has 1 aliphatic heterocycles. The van der Waals surface area contributed by atoms with E-state index >= 15 is 0 Å². The van der Waals surface area contributed by atoms with Crippen molar-refractivity contribution in [3.63, 3.8) is 0 Å². The second-order valence-electron chi connectivity index (χ2n) is 7.48. The van der Waals surface area contributed by atoms with E-state index in [-0.39, 0.29) is 0 Å². The van der Waals surface area contributed by atoms with Crippen LogP contribution in [0.15, 0.2) is 0 Å². The van der Waals surface area contributed by atoms with Crippen molar-refractivity contribution in [1.29, 1.82) is 0 Å². The molecule has 5 aliphatic rings. The highest BCUT2D eigenvalue weighted by molar-refractivity contribution is 5.08. The van der Waals surface area contributed by atoms with E-state index in [1.807, 2.05) is 0 Å². The maximum Gasteiger partial charge on any atom is 0.0150 e. The molecule has 5 fully saturated rings. The van der Waals surface area contributed by atoms with Gasteiger partial charge in [0.15, 0.2) is 0 Å². The van der Waals surface area contributed by atoms with Crippen molar-refractivity contribution in [2.24, 2.45) is 29.1 Å². The fourth-order valence-electron chi connectivity index (χ4n) is 6.21. The molecule has 1 heterocycles. The molecular formula is C15H25N. The van der Waals surface area contributed by atoms with Crippen LogP contribution in [-0.4, -0.2) is 12.6 Å². The lowest BCUT2D eigenvalue weighted by molar-refractivity contribution is -0.0770. The van der Waals surface area contributed by atoms with Crippen LogP contribution < -0.4 is 5.32 Å². The largest absolute Gasteiger partial charge is 0.313 e. The van der Waals surface area contributed by atoms with Gasteiger partial charge in [-0.2, -0.15) is 0 Å². The number of hydrogen-bond acceptors (Lipinski definition) is 1. The summed E-state index contributed by atoms with van der Waals surface area (Å²) in [5.41, 5.74) is 0.741. The van der Waals surface area contributed by atoms with Crippen molar-refractivity contribution >= 4 is 0 Å².